The smallest absolute Gasteiger partial charge is 0.321 e. The van der Waals surface area contributed by atoms with Crippen LogP contribution < -0.4 is 5.32 Å². The van der Waals surface area contributed by atoms with Crippen LogP contribution in [-0.2, 0) is 4.79 Å². The molecule has 0 unspecified atom stereocenters. The van der Waals surface area contributed by atoms with Crippen LogP contribution in [0.25, 0.3) is 0 Å². The van der Waals surface area contributed by atoms with Crippen molar-refractivity contribution in [2.45, 2.75) is 35.3 Å². The van der Waals surface area contributed by atoms with E-state index in [4.69, 9.17) is 23.2 Å². The molecule has 2 nitrogen and oxygen atoms in total. The van der Waals surface area contributed by atoms with E-state index in [1.165, 1.54) is 0 Å². The molecule has 0 heterocycles. The predicted octanol–water partition coefficient (Wildman–Crippen LogP) is 6.59. The maximum Gasteiger partial charge on any atom is 0.384 e. The van der Waals surface area contributed by atoms with Gasteiger partial charge in [-0.25, -0.2) is 4.39 Å². The normalized spacial score (nSPS) is 25.3. The molecule has 1 N–H and O–H groups in total. The maximum absolute atomic E-state index is 14.6. The minimum Gasteiger partial charge on any atom is -0.321 e. The van der Waals surface area contributed by atoms with Crippen molar-refractivity contribution in [3.05, 3.63) is 26.7 Å². The Bertz CT molecular complexity index is 823. The lowest BCUT2D eigenvalue weighted by Crippen LogP contribution is -2.86. The molecule has 0 aliphatic heterocycles. The second-order valence-corrected chi connectivity index (χ2v) is 7.43. The van der Waals surface area contributed by atoms with Gasteiger partial charge in [0.25, 0.3) is 5.91 Å². The number of hydrogen-bond donors (Lipinski definition) is 1. The van der Waals surface area contributed by atoms with Gasteiger partial charge in [0.2, 0.25) is 0 Å². The lowest BCUT2D eigenvalue weighted by Gasteiger charge is -2.51. The van der Waals surface area contributed by atoms with Crippen molar-refractivity contribution >= 4 is 50.7 Å². The summed E-state index contributed by atoms with van der Waals surface area (Å²) >= 11 is 13.6. The van der Waals surface area contributed by atoms with Crippen LogP contribution in [0.1, 0.15) is 0 Å². The third-order valence-electron chi connectivity index (χ3n) is 4.00. The fourth-order valence-electron chi connectivity index (χ4n) is 2.37. The molecule has 1 aliphatic rings. The van der Waals surface area contributed by atoms with Crippen molar-refractivity contribution in [3.63, 3.8) is 0 Å². The minimum absolute atomic E-state index is 0.208. The fourth-order valence-corrected chi connectivity index (χ4v) is 3.71. The second kappa shape index (κ2) is 6.49. The number of carbonyl (C=O) groups excluding carboxylic acids is 1. The lowest BCUT2D eigenvalue weighted by atomic mass is 9.71. The Labute approximate surface area is 171 Å². The average Bonchev–Trinajstić information content (AvgIpc) is 2.55. The van der Waals surface area contributed by atoms with Gasteiger partial charge in [0, 0.05) is 9.50 Å². The standard InChI is InChI=1S/C13H3BrCl2F11NO/c14-4-1-3(15)2-5(16)6(4)28-7(29)8(17)9(18,19)11(22,23)13(26,27)12(24,25)10(8,20)21/h1-2H,(H,28,29). The van der Waals surface area contributed by atoms with Gasteiger partial charge in [-0.05, 0) is 28.1 Å². The van der Waals surface area contributed by atoms with Gasteiger partial charge in [0.1, 0.15) is 0 Å². The Balaban J connectivity index is 2.73. The molecule has 164 valence electrons. The van der Waals surface area contributed by atoms with Crippen LogP contribution >= 0.6 is 39.1 Å². The van der Waals surface area contributed by atoms with Gasteiger partial charge < -0.3 is 5.32 Å². The zero-order valence-electron chi connectivity index (χ0n) is 12.9. The SMILES string of the molecule is O=C(Nc1c(Cl)cc(Cl)cc1Br)C1(F)C(F)(F)C(F)(F)C(F)(F)C(F)(F)C1(F)F. The molecular formula is C13H3BrCl2F11NO. The molecule has 0 aromatic heterocycles. The summed E-state index contributed by atoms with van der Waals surface area (Å²) in [6, 6.07) is 1.57. The van der Waals surface area contributed by atoms with E-state index in [1.807, 2.05) is 0 Å². The van der Waals surface area contributed by atoms with E-state index in [-0.39, 0.29) is 5.02 Å². The Hall–Kier alpha value is -1.02. The molecule has 0 atom stereocenters. The number of anilines is 1. The lowest BCUT2D eigenvalue weighted by molar-refractivity contribution is -0.475. The Morgan fingerprint density at radius 3 is 1.52 bits per heavy atom. The van der Waals surface area contributed by atoms with Gasteiger partial charge in [-0.3, -0.25) is 4.79 Å². The third-order valence-corrected chi connectivity index (χ3v) is 5.14. The summed E-state index contributed by atoms with van der Waals surface area (Å²) in [4.78, 5) is 11.8. The van der Waals surface area contributed by atoms with Crippen LogP contribution in [0, 0.1) is 0 Å². The number of rotatable bonds is 2. The summed E-state index contributed by atoms with van der Waals surface area (Å²) in [6.07, 6.45) is 0. The first-order valence-corrected chi connectivity index (χ1v) is 8.30. The Kier molecular flexibility index (Phi) is 5.43. The van der Waals surface area contributed by atoms with Crippen molar-refractivity contribution in [1.82, 2.24) is 0 Å². The molecule has 1 saturated carbocycles. The molecule has 16 heteroatoms. The zero-order valence-corrected chi connectivity index (χ0v) is 16.0. The highest BCUT2D eigenvalue weighted by Gasteiger charge is 3.02. The summed E-state index contributed by atoms with van der Waals surface area (Å²) in [5.74, 6) is -40.3. The summed E-state index contributed by atoms with van der Waals surface area (Å²) < 4.78 is 149. The van der Waals surface area contributed by atoms with Crippen molar-refractivity contribution < 1.29 is 53.1 Å². The number of alkyl halides is 11. The van der Waals surface area contributed by atoms with Crippen LogP contribution in [0.4, 0.5) is 54.0 Å². The molecule has 1 aromatic rings. The van der Waals surface area contributed by atoms with Crippen LogP contribution in [0.2, 0.25) is 10.0 Å². The second-order valence-electron chi connectivity index (χ2n) is 5.73. The molecule has 1 fully saturated rings. The van der Waals surface area contributed by atoms with E-state index in [0.29, 0.717) is 0 Å². The number of hydrogen-bond acceptors (Lipinski definition) is 1. The highest BCUT2D eigenvalue weighted by Crippen LogP contribution is 2.69. The van der Waals surface area contributed by atoms with E-state index in [9.17, 15) is 53.1 Å². The molecule has 29 heavy (non-hydrogen) atoms. The number of halogens is 14. The molecule has 2 rings (SSSR count). The van der Waals surface area contributed by atoms with Crippen molar-refractivity contribution in [2.24, 2.45) is 0 Å². The number of carbonyl (C=O) groups is 1. The summed E-state index contributed by atoms with van der Waals surface area (Å²) in [5, 5.41) is -0.0572. The fraction of sp³-hybridized carbons (Fsp3) is 0.462. The molecule has 1 aliphatic carbocycles. The maximum atomic E-state index is 14.6. The summed E-state index contributed by atoms with van der Waals surface area (Å²) in [6.45, 7) is 0. The number of nitrogens with one attached hydrogen (secondary N) is 1. The highest BCUT2D eigenvalue weighted by atomic mass is 79.9. The first-order chi connectivity index (χ1) is 12.7. The largest absolute Gasteiger partial charge is 0.384 e. The molecule has 0 bridgehead atoms. The van der Waals surface area contributed by atoms with E-state index in [1.54, 1.807) is 0 Å². The van der Waals surface area contributed by atoms with Gasteiger partial charge in [-0.1, -0.05) is 23.2 Å². The van der Waals surface area contributed by atoms with Gasteiger partial charge in [0.15, 0.2) is 0 Å². The molecule has 1 aromatic carbocycles. The predicted molar refractivity (Wildman–Crippen MR) is 81.4 cm³/mol. The van der Waals surface area contributed by atoms with Gasteiger partial charge in [0.05, 0.1) is 10.7 Å². The van der Waals surface area contributed by atoms with Crippen molar-refractivity contribution in [2.75, 3.05) is 5.32 Å². The van der Waals surface area contributed by atoms with Gasteiger partial charge in [-0.15, -0.1) is 0 Å². The van der Waals surface area contributed by atoms with E-state index >= 15 is 0 Å². The van der Waals surface area contributed by atoms with E-state index < -0.39 is 56.4 Å². The number of benzene rings is 1. The topological polar surface area (TPSA) is 29.1 Å². The quantitative estimate of drug-likeness (QED) is 0.415. The van der Waals surface area contributed by atoms with Crippen LogP contribution in [-0.4, -0.2) is 41.2 Å². The van der Waals surface area contributed by atoms with Crippen LogP contribution in [0.15, 0.2) is 16.6 Å². The van der Waals surface area contributed by atoms with E-state index in [2.05, 4.69) is 15.9 Å². The molecule has 0 saturated heterocycles. The zero-order chi connectivity index (χ0) is 23.0. The monoisotopic (exact) mass is 547 g/mol. The number of amides is 1. The van der Waals surface area contributed by atoms with Crippen molar-refractivity contribution in [1.29, 1.82) is 0 Å². The van der Waals surface area contributed by atoms with E-state index in [0.717, 1.165) is 17.4 Å². The average molecular weight is 549 g/mol. The highest BCUT2D eigenvalue weighted by molar-refractivity contribution is 9.10. The molecular weight excluding hydrogens is 546 g/mol. The summed E-state index contributed by atoms with van der Waals surface area (Å²) in [5.41, 5.74) is -7.84. The molecule has 1 amide bonds. The van der Waals surface area contributed by atoms with Crippen LogP contribution in [0.3, 0.4) is 0 Å². The molecule has 0 radical (unpaired) electrons. The Morgan fingerprint density at radius 1 is 0.759 bits per heavy atom. The van der Waals surface area contributed by atoms with Gasteiger partial charge in [-0.2, -0.15) is 43.9 Å². The molecule has 0 spiro atoms. The Morgan fingerprint density at radius 2 is 1.14 bits per heavy atom. The third kappa shape index (κ3) is 2.70. The first kappa shape index (κ1) is 24.3. The minimum atomic E-state index is -7.42. The van der Waals surface area contributed by atoms with Gasteiger partial charge >= 0.3 is 35.3 Å². The van der Waals surface area contributed by atoms with Crippen molar-refractivity contribution in [3.8, 4) is 0 Å². The first-order valence-electron chi connectivity index (χ1n) is 6.75. The van der Waals surface area contributed by atoms with Crippen LogP contribution in [0.5, 0.6) is 0 Å². The summed E-state index contributed by atoms with van der Waals surface area (Å²) in [7, 11) is 0.